The van der Waals surface area contributed by atoms with Crippen molar-refractivity contribution in [2.75, 3.05) is 26.8 Å². The van der Waals surface area contributed by atoms with Crippen LogP contribution in [0.3, 0.4) is 0 Å². The zero-order chi connectivity index (χ0) is 20.3. The number of likely N-dealkylation sites (tertiary alicyclic amines) is 1. The van der Waals surface area contributed by atoms with Crippen LogP contribution >= 0.6 is 0 Å². The van der Waals surface area contributed by atoms with Gasteiger partial charge in [-0.15, -0.1) is 0 Å². The van der Waals surface area contributed by atoms with E-state index < -0.39 is 5.97 Å². The molecule has 0 atom stereocenters. The molecule has 0 saturated carbocycles. The summed E-state index contributed by atoms with van der Waals surface area (Å²) in [6.07, 6.45) is 2.85. The van der Waals surface area contributed by atoms with Crippen molar-refractivity contribution in [2.24, 2.45) is 0 Å². The number of carbonyl (C=O) groups excluding carboxylic acids is 1. The van der Waals surface area contributed by atoms with Gasteiger partial charge >= 0.3 is 5.97 Å². The van der Waals surface area contributed by atoms with E-state index in [0.717, 1.165) is 24.2 Å². The lowest BCUT2D eigenvalue weighted by Crippen LogP contribution is -2.41. The molecule has 1 aliphatic heterocycles. The fraction of sp³-hybridized carbons (Fsp3) is 0.450. The molecule has 1 aromatic carbocycles. The summed E-state index contributed by atoms with van der Waals surface area (Å²) < 4.78 is 12.6. The van der Waals surface area contributed by atoms with Crippen LogP contribution in [0.5, 0.6) is 11.5 Å². The first-order valence-corrected chi connectivity index (χ1v) is 9.23. The van der Waals surface area contributed by atoms with E-state index in [0.29, 0.717) is 24.5 Å². The van der Waals surface area contributed by atoms with Crippen molar-refractivity contribution < 1.29 is 24.2 Å². The molecule has 0 spiro atoms. The number of methoxy groups -OCH3 is 1. The Labute approximate surface area is 163 Å². The maximum atomic E-state index is 12.5. The van der Waals surface area contributed by atoms with Crippen LogP contribution < -0.4 is 9.47 Å². The van der Waals surface area contributed by atoms with Crippen LogP contribution in [0.2, 0.25) is 0 Å². The van der Waals surface area contributed by atoms with Crippen LogP contribution in [0.25, 0.3) is 0 Å². The average molecular weight is 387 g/mol. The summed E-state index contributed by atoms with van der Waals surface area (Å²) in [6.45, 7) is 4.86. The number of carbonyl (C=O) groups is 2. The Bertz CT molecular complexity index is 869. The predicted octanol–water partition coefficient (Wildman–Crippen LogP) is 2.45. The smallest absolute Gasteiger partial charge is 0.339 e. The number of piperidine rings is 1. The Morgan fingerprint density at radius 3 is 2.54 bits per heavy atom. The Morgan fingerprint density at radius 2 is 1.96 bits per heavy atom. The quantitative estimate of drug-likeness (QED) is 0.818. The molecule has 1 saturated heterocycles. The molecule has 0 unspecified atom stereocenters. The van der Waals surface area contributed by atoms with Gasteiger partial charge in [0.15, 0.2) is 6.61 Å². The van der Waals surface area contributed by atoms with Gasteiger partial charge in [-0.3, -0.25) is 9.48 Å². The molecule has 1 aliphatic rings. The van der Waals surface area contributed by atoms with Crippen molar-refractivity contribution in [2.45, 2.75) is 32.7 Å². The molecule has 0 radical (unpaired) electrons. The minimum absolute atomic E-state index is 0.0135. The first-order chi connectivity index (χ1) is 13.4. The number of ether oxygens (including phenoxy) is 2. The standard InChI is InChI=1S/C20H25N3O5/c1-13-10-16(4-5-18(13)27-3)28-12-19(24)22-8-6-15(7-9-22)23-14(2)17(11-21-23)20(25)26/h4-5,10-11,15H,6-9,12H2,1-3H3,(H,25,26). The molecule has 1 aromatic heterocycles. The predicted molar refractivity (Wildman–Crippen MR) is 102 cm³/mol. The van der Waals surface area contributed by atoms with E-state index in [-0.39, 0.29) is 24.1 Å². The van der Waals surface area contributed by atoms with Gasteiger partial charge in [0, 0.05) is 13.1 Å². The molecule has 28 heavy (non-hydrogen) atoms. The second-order valence-electron chi connectivity index (χ2n) is 6.93. The Morgan fingerprint density at radius 1 is 1.25 bits per heavy atom. The van der Waals surface area contributed by atoms with Gasteiger partial charge in [0.05, 0.1) is 25.0 Å². The van der Waals surface area contributed by atoms with Crippen molar-refractivity contribution in [1.82, 2.24) is 14.7 Å². The van der Waals surface area contributed by atoms with E-state index in [1.807, 2.05) is 19.1 Å². The zero-order valence-corrected chi connectivity index (χ0v) is 16.3. The summed E-state index contributed by atoms with van der Waals surface area (Å²) >= 11 is 0. The van der Waals surface area contributed by atoms with E-state index in [4.69, 9.17) is 14.6 Å². The summed E-state index contributed by atoms with van der Waals surface area (Å²) in [5.74, 6) is 0.383. The molecule has 8 nitrogen and oxygen atoms in total. The second-order valence-corrected chi connectivity index (χ2v) is 6.93. The van der Waals surface area contributed by atoms with Crippen molar-refractivity contribution in [3.05, 3.63) is 41.2 Å². The second kappa shape index (κ2) is 8.33. The molecule has 0 aliphatic carbocycles. The summed E-state index contributed by atoms with van der Waals surface area (Å²) in [5, 5.41) is 13.4. The number of aryl methyl sites for hydroxylation is 1. The van der Waals surface area contributed by atoms with E-state index in [2.05, 4.69) is 5.10 Å². The van der Waals surface area contributed by atoms with E-state index in [1.165, 1.54) is 6.20 Å². The van der Waals surface area contributed by atoms with Crippen molar-refractivity contribution in [3.63, 3.8) is 0 Å². The lowest BCUT2D eigenvalue weighted by atomic mass is 10.0. The third-order valence-electron chi connectivity index (χ3n) is 5.17. The SMILES string of the molecule is COc1ccc(OCC(=O)N2CCC(n3ncc(C(=O)O)c3C)CC2)cc1C. The summed E-state index contributed by atoms with van der Waals surface area (Å²) in [6, 6.07) is 5.55. The lowest BCUT2D eigenvalue weighted by Gasteiger charge is -2.32. The van der Waals surface area contributed by atoms with E-state index in [9.17, 15) is 9.59 Å². The number of hydrogen-bond donors (Lipinski definition) is 1. The number of carboxylic acids is 1. The number of aromatic carboxylic acids is 1. The molecule has 2 heterocycles. The van der Waals surface area contributed by atoms with E-state index in [1.54, 1.807) is 29.7 Å². The van der Waals surface area contributed by atoms with Gasteiger partial charge in [0.25, 0.3) is 5.91 Å². The van der Waals surface area contributed by atoms with Crippen LogP contribution in [-0.2, 0) is 4.79 Å². The zero-order valence-electron chi connectivity index (χ0n) is 16.3. The topological polar surface area (TPSA) is 93.9 Å². The molecular weight excluding hydrogens is 362 g/mol. The molecule has 150 valence electrons. The first kappa shape index (κ1) is 19.7. The third kappa shape index (κ3) is 4.11. The summed E-state index contributed by atoms with van der Waals surface area (Å²) in [4.78, 5) is 25.4. The van der Waals surface area contributed by atoms with Gasteiger partial charge in [-0.25, -0.2) is 4.79 Å². The largest absolute Gasteiger partial charge is 0.496 e. The van der Waals surface area contributed by atoms with Gasteiger partial charge in [-0.2, -0.15) is 5.10 Å². The maximum absolute atomic E-state index is 12.5. The van der Waals surface area contributed by atoms with Crippen LogP contribution in [0, 0.1) is 13.8 Å². The fourth-order valence-electron chi connectivity index (χ4n) is 3.54. The van der Waals surface area contributed by atoms with Crippen molar-refractivity contribution >= 4 is 11.9 Å². The monoisotopic (exact) mass is 387 g/mol. The van der Waals surface area contributed by atoms with Crippen LogP contribution in [0.1, 0.15) is 40.5 Å². The number of carboxylic acid groups (broad SMARTS) is 1. The molecule has 1 fully saturated rings. The van der Waals surface area contributed by atoms with Gasteiger partial charge < -0.3 is 19.5 Å². The van der Waals surface area contributed by atoms with E-state index >= 15 is 0 Å². The average Bonchev–Trinajstić information content (AvgIpc) is 3.08. The Balaban J connectivity index is 1.52. The van der Waals surface area contributed by atoms with Crippen molar-refractivity contribution in [1.29, 1.82) is 0 Å². The summed E-state index contributed by atoms with van der Waals surface area (Å²) in [5.41, 5.74) is 1.82. The normalized spacial score (nSPS) is 14.8. The van der Waals surface area contributed by atoms with Gasteiger partial charge in [-0.1, -0.05) is 0 Å². The molecule has 0 bridgehead atoms. The summed E-state index contributed by atoms with van der Waals surface area (Å²) in [7, 11) is 1.61. The number of amides is 1. The molecule has 1 amide bonds. The van der Waals surface area contributed by atoms with Crippen LogP contribution in [0.15, 0.2) is 24.4 Å². The Kier molecular flexibility index (Phi) is 5.87. The minimum Gasteiger partial charge on any atom is -0.496 e. The highest BCUT2D eigenvalue weighted by atomic mass is 16.5. The number of nitrogens with zero attached hydrogens (tertiary/aromatic N) is 3. The molecule has 1 N–H and O–H groups in total. The minimum atomic E-state index is -0.970. The fourth-order valence-corrected chi connectivity index (χ4v) is 3.54. The lowest BCUT2D eigenvalue weighted by molar-refractivity contribution is -0.134. The highest BCUT2D eigenvalue weighted by Crippen LogP contribution is 2.25. The maximum Gasteiger partial charge on any atom is 0.339 e. The van der Waals surface area contributed by atoms with Crippen LogP contribution in [-0.4, -0.2) is 58.5 Å². The highest BCUT2D eigenvalue weighted by molar-refractivity contribution is 5.88. The molecule has 2 aromatic rings. The van der Waals surface area contributed by atoms with Crippen LogP contribution in [0.4, 0.5) is 0 Å². The van der Waals surface area contributed by atoms with Gasteiger partial charge in [0.1, 0.15) is 17.1 Å². The number of hydrogen-bond acceptors (Lipinski definition) is 5. The molecule has 8 heteroatoms. The molecule has 3 rings (SSSR count). The number of benzene rings is 1. The van der Waals surface area contributed by atoms with Gasteiger partial charge in [-0.05, 0) is 50.5 Å². The highest BCUT2D eigenvalue weighted by Gasteiger charge is 2.26. The number of aromatic nitrogens is 2. The molecular formula is C20H25N3O5. The first-order valence-electron chi connectivity index (χ1n) is 9.23. The third-order valence-corrected chi connectivity index (χ3v) is 5.17. The Hall–Kier alpha value is -3.03. The van der Waals surface area contributed by atoms with Gasteiger partial charge in [0.2, 0.25) is 0 Å². The van der Waals surface area contributed by atoms with Crippen molar-refractivity contribution in [3.8, 4) is 11.5 Å². The number of rotatable bonds is 6.